The number of hydrogen-bond donors (Lipinski definition) is 2. The quantitative estimate of drug-likeness (QED) is 0.842. The molecular formula is C15H22BrNO2. The first-order chi connectivity index (χ1) is 8.97. The molecule has 3 nitrogen and oxygen atoms in total. The van der Waals surface area contributed by atoms with Crippen molar-refractivity contribution < 1.29 is 9.90 Å². The van der Waals surface area contributed by atoms with Crippen LogP contribution in [-0.4, -0.2) is 23.7 Å². The summed E-state index contributed by atoms with van der Waals surface area (Å²) in [6.07, 6.45) is 1.36. The number of carbonyl (C=O) groups excluding carboxylic acids is 1. The standard InChI is InChI=1S/C15H22BrNO2/c1-4-11(5-2)14(18)9-17-15(19)12-6-10(3)7-13(16)8-12/h6-8,11,14,18H,4-5,9H2,1-3H3,(H,17,19). The second-order valence-electron chi connectivity index (χ2n) is 4.87. The van der Waals surface area contributed by atoms with Crippen LogP contribution in [0.2, 0.25) is 0 Å². The van der Waals surface area contributed by atoms with Crippen molar-refractivity contribution >= 4 is 21.8 Å². The molecule has 106 valence electrons. The molecule has 0 aliphatic heterocycles. The Morgan fingerprint density at radius 3 is 2.47 bits per heavy atom. The normalized spacial score (nSPS) is 12.5. The van der Waals surface area contributed by atoms with E-state index in [2.05, 4.69) is 35.1 Å². The number of nitrogens with one attached hydrogen (secondary N) is 1. The summed E-state index contributed by atoms with van der Waals surface area (Å²) < 4.78 is 0.887. The van der Waals surface area contributed by atoms with Gasteiger partial charge < -0.3 is 10.4 Å². The number of carbonyl (C=O) groups is 1. The number of halogens is 1. The highest BCUT2D eigenvalue weighted by Crippen LogP contribution is 2.16. The lowest BCUT2D eigenvalue weighted by molar-refractivity contribution is 0.0816. The molecule has 2 N–H and O–H groups in total. The Morgan fingerprint density at radius 1 is 1.32 bits per heavy atom. The van der Waals surface area contributed by atoms with Crippen molar-refractivity contribution in [3.8, 4) is 0 Å². The van der Waals surface area contributed by atoms with E-state index in [1.165, 1.54) is 0 Å². The van der Waals surface area contributed by atoms with Gasteiger partial charge in [0, 0.05) is 16.6 Å². The van der Waals surface area contributed by atoms with Crippen LogP contribution < -0.4 is 5.32 Å². The van der Waals surface area contributed by atoms with Crippen LogP contribution >= 0.6 is 15.9 Å². The van der Waals surface area contributed by atoms with Gasteiger partial charge in [0.2, 0.25) is 0 Å². The molecule has 1 amide bonds. The topological polar surface area (TPSA) is 49.3 Å². The molecule has 19 heavy (non-hydrogen) atoms. The number of amides is 1. The molecular weight excluding hydrogens is 306 g/mol. The molecule has 0 aromatic heterocycles. The Bertz CT molecular complexity index is 410. The van der Waals surface area contributed by atoms with Crippen LogP contribution in [0.5, 0.6) is 0 Å². The number of aliphatic hydroxyl groups is 1. The van der Waals surface area contributed by atoms with E-state index in [1.807, 2.05) is 19.1 Å². The summed E-state index contributed by atoms with van der Waals surface area (Å²) in [6.45, 7) is 6.35. The maximum absolute atomic E-state index is 12.0. The minimum Gasteiger partial charge on any atom is -0.391 e. The van der Waals surface area contributed by atoms with Gasteiger partial charge in [-0.15, -0.1) is 0 Å². The van der Waals surface area contributed by atoms with E-state index in [0.717, 1.165) is 22.9 Å². The zero-order valence-corrected chi connectivity index (χ0v) is 13.3. The molecule has 0 bridgehead atoms. The fourth-order valence-corrected chi connectivity index (χ4v) is 2.77. The zero-order chi connectivity index (χ0) is 14.4. The number of aliphatic hydroxyl groups excluding tert-OH is 1. The highest BCUT2D eigenvalue weighted by molar-refractivity contribution is 9.10. The van der Waals surface area contributed by atoms with E-state index in [1.54, 1.807) is 6.07 Å². The second-order valence-corrected chi connectivity index (χ2v) is 5.79. The predicted molar refractivity (Wildman–Crippen MR) is 81.3 cm³/mol. The number of rotatable bonds is 6. The SMILES string of the molecule is CCC(CC)C(O)CNC(=O)c1cc(C)cc(Br)c1. The molecule has 1 aromatic rings. The van der Waals surface area contributed by atoms with Gasteiger partial charge in [0.15, 0.2) is 0 Å². The molecule has 1 aromatic carbocycles. The molecule has 1 unspecified atom stereocenters. The highest BCUT2D eigenvalue weighted by Gasteiger charge is 2.16. The summed E-state index contributed by atoms with van der Waals surface area (Å²) in [4.78, 5) is 12.0. The lowest BCUT2D eigenvalue weighted by atomic mass is 9.96. The van der Waals surface area contributed by atoms with E-state index < -0.39 is 6.10 Å². The van der Waals surface area contributed by atoms with Crippen molar-refractivity contribution in [3.05, 3.63) is 33.8 Å². The third-order valence-electron chi connectivity index (χ3n) is 3.37. The third-order valence-corrected chi connectivity index (χ3v) is 3.83. The Kier molecular flexibility index (Phi) is 6.52. The summed E-state index contributed by atoms with van der Waals surface area (Å²) in [5, 5.41) is 12.8. The fourth-order valence-electron chi connectivity index (χ4n) is 2.17. The summed E-state index contributed by atoms with van der Waals surface area (Å²) in [7, 11) is 0. The van der Waals surface area contributed by atoms with Crippen molar-refractivity contribution in [2.75, 3.05) is 6.54 Å². The van der Waals surface area contributed by atoms with Gasteiger partial charge in [0.05, 0.1) is 6.10 Å². The number of hydrogen-bond acceptors (Lipinski definition) is 2. The van der Waals surface area contributed by atoms with Gasteiger partial charge in [-0.2, -0.15) is 0 Å². The Balaban J connectivity index is 2.60. The van der Waals surface area contributed by atoms with Crippen LogP contribution in [0.15, 0.2) is 22.7 Å². The van der Waals surface area contributed by atoms with Crippen molar-refractivity contribution in [2.24, 2.45) is 5.92 Å². The first-order valence-corrected chi connectivity index (χ1v) is 7.50. The first kappa shape index (κ1) is 16.2. The molecule has 0 saturated heterocycles. The Morgan fingerprint density at radius 2 is 1.95 bits per heavy atom. The van der Waals surface area contributed by atoms with Crippen LogP contribution in [0.1, 0.15) is 42.6 Å². The van der Waals surface area contributed by atoms with E-state index in [-0.39, 0.29) is 11.8 Å². The van der Waals surface area contributed by atoms with E-state index in [4.69, 9.17) is 0 Å². The number of benzene rings is 1. The van der Waals surface area contributed by atoms with Gasteiger partial charge in [0.1, 0.15) is 0 Å². The largest absolute Gasteiger partial charge is 0.391 e. The van der Waals surface area contributed by atoms with E-state index >= 15 is 0 Å². The summed E-state index contributed by atoms with van der Waals surface area (Å²) in [5.74, 6) is 0.0963. The fraction of sp³-hybridized carbons (Fsp3) is 0.533. The molecule has 0 fully saturated rings. The average molecular weight is 328 g/mol. The average Bonchev–Trinajstić information content (AvgIpc) is 2.36. The Labute approximate surface area is 123 Å². The van der Waals surface area contributed by atoms with Gasteiger partial charge in [-0.05, 0) is 36.6 Å². The van der Waals surface area contributed by atoms with E-state index in [0.29, 0.717) is 12.1 Å². The lowest BCUT2D eigenvalue weighted by Crippen LogP contribution is -2.36. The van der Waals surface area contributed by atoms with Crippen molar-refractivity contribution in [1.82, 2.24) is 5.32 Å². The van der Waals surface area contributed by atoms with Gasteiger partial charge in [-0.3, -0.25) is 4.79 Å². The first-order valence-electron chi connectivity index (χ1n) is 6.71. The van der Waals surface area contributed by atoms with Crippen LogP contribution in [0.25, 0.3) is 0 Å². The lowest BCUT2D eigenvalue weighted by Gasteiger charge is -2.20. The van der Waals surface area contributed by atoms with Gasteiger partial charge >= 0.3 is 0 Å². The van der Waals surface area contributed by atoms with Crippen molar-refractivity contribution in [2.45, 2.75) is 39.7 Å². The van der Waals surface area contributed by atoms with Crippen molar-refractivity contribution in [3.63, 3.8) is 0 Å². The van der Waals surface area contributed by atoms with Gasteiger partial charge in [-0.25, -0.2) is 0 Å². The second kappa shape index (κ2) is 7.65. The molecule has 1 atom stereocenters. The van der Waals surface area contributed by atoms with Crippen LogP contribution in [0.4, 0.5) is 0 Å². The minimum atomic E-state index is -0.479. The predicted octanol–water partition coefficient (Wildman–Crippen LogP) is 3.28. The van der Waals surface area contributed by atoms with Crippen molar-refractivity contribution in [1.29, 1.82) is 0 Å². The summed E-state index contributed by atoms with van der Waals surface area (Å²) in [5.41, 5.74) is 1.64. The molecule has 0 heterocycles. The maximum atomic E-state index is 12.0. The monoisotopic (exact) mass is 327 g/mol. The molecule has 0 saturated carbocycles. The number of aryl methyl sites for hydroxylation is 1. The van der Waals surface area contributed by atoms with Crippen LogP contribution in [0.3, 0.4) is 0 Å². The minimum absolute atomic E-state index is 0.144. The van der Waals surface area contributed by atoms with Crippen LogP contribution in [-0.2, 0) is 0 Å². The smallest absolute Gasteiger partial charge is 0.251 e. The molecule has 1 rings (SSSR count). The molecule has 0 spiro atoms. The maximum Gasteiger partial charge on any atom is 0.251 e. The summed E-state index contributed by atoms with van der Waals surface area (Å²) in [6, 6.07) is 5.57. The molecule has 4 heteroatoms. The van der Waals surface area contributed by atoms with Gasteiger partial charge in [0.25, 0.3) is 5.91 Å². The molecule has 0 aliphatic rings. The van der Waals surface area contributed by atoms with E-state index in [9.17, 15) is 9.90 Å². The van der Waals surface area contributed by atoms with Gasteiger partial charge in [-0.1, -0.05) is 42.6 Å². The highest BCUT2D eigenvalue weighted by atomic mass is 79.9. The summed E-state index contributed by atoms with van der Waals surface area (Å²) >= 11 is 3.38. The third kappa shape index (κ3) is 4.96. The molecule has 0 aliphatic carbocycles. The molecule has 0 radical (unpaired) electrons. The zero-order valence-electron chi connectivity index (χ0n) is 11.7. The Hall–Kier alpha value is -0.870. The van der Waals surface area contributed by atoms with Crippen LogP contribution in [0, 0.1) is 12.8 Å².